The Hall–Kier alpha value is -1.84. The van der Waals surface area contributed by atoms with E-state index >= 15 is 0 Å². The van der Waals surface area contributed by atoms with Crippen molar-refractivity contribution in [1.29, 1.82) is 0 Å². The molecule has 1 unspecified atom stereocenters. The first kappa shape index (κ1) is 16.0. The van der Waals surface area contributed by atoms with Crippen LogP contribution in [0.3, 0.4) is 0 Å². The number of aliphatic carboxylic acids is 1. The van der Waals surface area contributed by atoms with Crippen molar-refractivity contribution in [3.05, 3.63) is 34.4 Å². The fraction of sp³-hybridized carbons (Fsp3) is 0.579. The summed E-state index contributed by atoms with van der Waals surface area (Å²) in [7, 11) is 0. The van der Waals surface area contributed by atoms with Crippen LogP contribution in [0.25, 0.3) is 0 Å². The van der Waals surface area contributed by atoms with Crippen LogP contribution in [0.1, 0.15) is 41.5 Å². The second kappa shape index (κ2) is 5.66. The average Bonchev–Trinajstić information content (AvgIpc) is 3.17. The number of carboxylic acid groups (broad SMARTS) is 1. The van der Waals surface area contributed by atoms with E-state index < -0.39 is 5.97 Å². The molecule has 0 radical (unpaired) electrons. The Labute approximate surface area is 137 Å². The molecule has 1 spiro atoms. The predicted molar refractivity (Wildman–Crippen MR) is 88.3 cm³/mol. The van der Waals surface area contributed by atoms with Gasteiger partial charge in [0.15, 0.2) is 0 Å². The summed E-state index contributed by atoms with van der Waals surface area (Å²) in [4.78, 5) is 25.6. The van der Waals surface area contributed by atoms with Gasteiger partial charge in [-0.1, -0.05) is 17.7 Å². The molecule has 0 aromatic heterocycles. The highest BCUT2D eigenvalue weighted by atomic mass is 16.4. The molecule has 1 saturated heterocycles. The third kappa shape index (κ3) is 2.99. The SMILES string of the molecule is Cc1cc(C)c(CC(=O)N2CCC3(CC2)CC3C(=O)O)c(C)c1. The molecule has 1 N–H and O–H groups in total. The van der Waals surface area contributed by atoms with Gasteiger partial charge in [-0.2, -0.15) is 0 Å². The normalized spacial score (nSPS) is 22.2. The van der Waals surface area contributed by atoms with Gasteiger partial charge in [-0.05, 0) is 62.1 Å². The molecule has 2 fully saturated rings. The van der Waals surface area contributed by atoms with Crippen molar-refractivity contribution in [2.45, 2.75) is 46.5 Å². The minimum absolute atomic E-state index is 0.0156. The molecule has 1 atom stereocenters. The number of aryl methyl sites for hydroxylation is 3. The van der Waals surface area contributed by atoms with Crippen LogP contribution in [0.4, 0.5) is 0 Å². The van der Waals surface area contributed by atoms with E-state index in [0.717, 1.165) is 24.8 Å². The third-order valence-electron chi connectivity index (χ3n) is 5.77. The van der Waals surface area contributed by atoms with Crippen molar-refractivity contribution in [2.75, 3.05) is 13.1 Å². The van der Waals surface area contributed by atoms with Gasteiger partial charge in [0.05, 0.1) is 12.3 Å². The standard InChI is InChI=1S/C19H25NO3/c1-12-8-13(2)15(14(3)9-12)10-17(21)20-6-4-19(5-7-20)11-16(19)18(22)23/h8-9,16H,4-7,10-11H2,1-3H3,(H,22,23). The monoisotopic (exact) mass is 315 g/mol. The molecule has 2 aliphatic rings. The Morgan fingerprint density at radius 2 is 1.74 bits per heavy atom. The first-order valence-electron chi connectivity index (χ1n) is 8.40. The van der Waals surface area contributed by atoms with Crippen molar-refractivity contribution in [1.82, 2.24) is 4.90 Å². The fourth-order valence-corrected chi connectivity index (χ4v) is 4.20. The zero-order chi connectivity index (χ0) is 16.8. The van der Waals surface area contributed by atoms with E-state index in [0.29, 0.717) is 19.5 Å². The van der Waals surface area contributed by atoms with Crippen molar-refractivity contribution < 1.29 is 14.7 Å². The van der Waals surface area contributed by atoms with Crippen LogP contribution in [0, 0.1) is 32.1 Å². The molecule has 1 saturated carbocycles. The summed E-state index contributed by atoms with van der Waals surface area (Å²) in [6, 6.07) is 4.25. The highest BCUT2D eigenvalue weighted by Crippen LogP contribution is 2.59. The first-order chi connectivity index (χ1) is 10.8. The molecule has 1 aromatic rings. The maximum absolute atomic E-state index is 12.6. The Morgan fingerprint density at radius 3 is 2.22 bits per heavy atom. The van der Waals surface area contributed by atoms with Crippen LogP contribution in [0.15, 0.2) is 12.1 Å². The molecule has 1 amide bonds. The Morgan fingerprint density at radius 1 is 1.17 bits per heavy atom. The van der Waals surface area contributed by atoms with E-state index in [1.807, 2.05) is 4.90 Å². The minimum Gasteiger partial charge on any atom is -0.481 e. The van der Waals surface area contributed by atoms with Crippen molar-refractivity contribution in [3.8, 4) is 0 Å². The zero-order valence-corrected chi connectivity index (χ0v) is 14.2. The Balaban J connectivity index is 1.62. The van der Waals surface area contributed by atoms with Crippen LogP contribution in [0.2, 0.25) is 0 Å². The van der Waals surface area contributed by atoms with Crippen LogP contribution >= 0.6 is 0 Å². The molecule has 1 aliphatic carbocycles. The van der Waals surface area contributed by atoms with E-state index in [9.17, 15) is 9.59 Å². The van der Waals surface area contributed by atoms with E-state index in [1.165, 1.54) is 16.7 Å². The number of carbonyl (C=O) groups is 2. The van der Waals surface area contributed by atoms with Gasteiger partial charge in [0.2, 0.25) is 5.91 Å². The van der Waals surface area contributed by atoms with Gasteiger partial charge < -0.3 is 10.0 Å². The quantitative estimate of drug-likeness (QED) is 0.933. The molecule has 4 heteroatoms. The number of carbonyl (C=O) groups excluding carboxylic acids is 1. The maximum atomic E-state index is 12.6. The number of hydrogen-bond acceptors (Lipinski definition) is 2. The van der Waals surface area contributed by atoms with Crippen LogP contribution in [0.5, 0.6) is 0 Å². The number of rotatable bonds is 3. The summed E-state index contributed by atoms with van der Waals surface area (Å²) in [6.07, 6.45) is 2.91. The average molecular weight is 315 g/mol. The van der Waals surface area contributed by atoms with Crippen LogP contribution < -0.4 is 0 Å². The van der Waals surface area contributed by atoms with Crippen LogP contribution in [-0.4, -0.2) is 35.0 Å². The molecular formula is C19H25NO3. The predicted octanol–water partition coefficient (Wildman–Crippen LogP) is 2.87. The Kier molecular flexibility index (Phi) is 3.95. The van der Waals surface area contributed by atoms with E-state index in [4.69, 9.17) is 5.11 Å². The second-order valence-electron chi connectivity index (χ2n) is 7.39. The first-order valence-corrected chi connectivity index (χ1v) is 8.40. The molecular weight excluding hydrogens is 290 g/mol. The maximum Gasteiger partial charge on any atom is 0.307 e. The molecule has 1 aliphatic heterocycles. The number of amides is 1. The van der Waals surface area contributed by atoms with Gasteiger partial charge in [-0.3, -0.25) is 9.59 Å². The van der Waals surface area contributed by atoms with E-state index in [2.05, 4.69) is 32.9 Å². The van der Waals surface area contributed by atoms with Gasteiger partial charge in [0.1, 0.15) is 0 Å². The number of hydrogen-bond donors (Lipinski definition) is 1. The zero-order valence-electron chi connectivity index (χ0n) is 14.2. The number of benzene rings is 1. The Bertz CT molecular complexity index is 634. The van der Waals surface area contributed by atoms with Gasteiger partial charge in [-0.25, -0.2) is 0 Å². The minimum atomic E-state index is -0.671. The molecule has 0 bridgehead atoms. The third-order valence-corrected chi connectivity index (χ3v) is 5.77. The fourth-order valence-electron chi connectivity index (χ4n) is 4.20. The number of nitrogens with zero attached hydrogens (tertiary/aromatic N) is 1. The van der Waals surface area contributed by atoms with Crippen LogP contribution in [-0.2, 0) is 16.0 Å². The van der Waals surface area contributed by atoms with E-state index in [-0.39, 0.29) is 17.2 Å². The van der Waals surface area contributed by atoms with E-state index in [1.54, 1.807) is 0 Å². The highest BCUT2D eigenvalue weighted by molar-refractivity contribution is 5.80. The summed E-state index contributed by atoms with van der Waals surface area (Å²) < 4.78 is 0. The molecule has 1 aromatic carbocycles. The number of carboxylic acids is 1. The van der Waals surface area contributed by atoms with Crippen molar-refractivity contribution >= 4 is 11.9 Å². The number of likely N-dealkylation sites (tertiary alicyclic amines) is 1. The summed E-state index contributed by atoms with van der Waals surface area (Å²) in [5, 5.41) is 9.14. The summed E-state index contributed by atoms with van der Waals surface area (Å²) >= 11 is 0. The molecule has 124 valence electrons. The molecule has 23 heavy (non-hydrogen) atoms. The summed E-state index contributed by atoms with van der Waals surface area (Å²) in [6.45, 7) is 7.61. The largest absolute Gasteiger partial charge is 0.481 e. The summed E-state index contributed by atoms with van der Waals surface area (Å²) in [5.41, 5.74) is 4.70. The van der Waals surface area contributed by atoms with Gasteiger partial charge in [0, 0.05) is 13.1 Å². The molecule has 4 nitrogen and oxygen atoms in total. The lowest BCUT2D eigenvalue weighted by Gasteiger charge is -2.33. The lowest BCUT2D eigenvalue weighted by Crippen LogP contribution is -2.40. The van der Waals surface area contributed by atoms with Crippen molar-refractivity contribution in [3.63, 3.8) is 0 Å². The summed E-state index contributed by atoms with van der Waals surface area (Å²) in [5.74, 6) is -0.681. The smallest absolute Gasteiger partial charge is 0.307 e. The molecule has 3 rings (SSSR count). The lowest BCUT2D eigenvalue weighted by atomic mass is 9.90. The van der Waals surface area contributed by atoms with Gasteiger partial charge in [-0.15, -0.1) is 0 Å². The highest BCUT2D eigenvalue weighted by Gasteiger charge is 2.59. The lowest BCUT2D eigenvalue weighted by molar-refractivity contribution is -0.139. The topological polar surface area (TPSA) is 57.6 Å². The molecule has 1 heterocycles. The number of piperidine rings is 1. The second-order valence-corrected chi connectivity index (χ2v) is 7.39. The van der Waals surface area contributed by atoms with Gasteiger partial charge >= 0.3 is 5.97 Å². The van der Waals surface area contributed by atoms with Crippen molar-refractivity contribution in [2.24, 2.45) is 11.3 Å². The van der Waals surface area contributed by atoms with Gasteiger partial charge in [0.25, 0.3) is 0 Å².